The summed E-state index contributed by atoms with van der Waals surface area (Å²) in [5, 5.41) is 3.46. The Kier molecular flexibility index (Phi) is 5.20. The van der Waals surface area contributed by atoms with Crippen molar-refractivity contribution in [3.63, 3.8) is 0 Å². The molecule has 1 aromatic carbocycles. The van der Waals surface area contributed by atoms with Gasteiger partial charge in [0.1, 0.15) is 5.69 Å². The van der Waals surface area contributed by atoms with Gasteiger partial charge in [-0.05, 0) is 31.2 Å². The van der Waals surface area contributed by atoms with Crippen LogP contribution < -0.4 is 5.32 Å². The van der Waals surface area contributed by atoms with Crippen molar-refractivity contribution in [2.45, 2.75) is 18.0 Å². The molecule has 126 valence electrons. The summed E-state index contributed by atoms with van der Waals surface area (Å²) in [7, 11) is 0. The Morgan fingerprint density at radius 1 is 1.21 bits per heavy atom. The molecule has 3 rings (SSSR count). The first-order chi connectivity index (χ1) is 11.7. The molecule has 0 unspecified atom stereocenters. The van der Waals surface area contributed by atoms with Gasteiger partial charge in [0, 0.05) is 18.8 Å². The fourth-order valence-corrected chi connectivity index (χ4v) is 3.33. The Balaban J connectivity index is 1.75. The van der Waals surface area contributed by atoms with Gasteiger partial charge >= 0.3 is 0 Å². The van der Waals surface area contributed by atoms with E-state index < -0.39 is 0 Å². The number of thioether (sulfide) groups is 1. The molecule has 1 saturated heterocycles. The third-order valence-electron chi connectivity index (χ3n) is 4.02. The second kappa shape index (κ2) is 7.53. The maximum absolute atomic E-state index is 12.5. The van der Waals surface area contributed by atoms with Crippen molar-refractivity contribution in [2.24, 2.45) is 0 Å². The van der Waals surface area contributed by atoms with E-state index in [2.05, 4.69) is 10.3 Å². The van der Waals surface area contributed by atoms with Gasteiger partial charge in [0.25, 0.3) is 5.91 Å². The molecule has 2 amide bonds. The fraction of sp³-hybridized carbons (Fsp3) is 0.353. The van der Waals surface area contributed by atoms with Crippen molar-refractivity contribution >= 4 is 23.6 Å². The van der Waals surface area contributed by atoms with E-state index in [0.717, 1.165) is 36.8 Å². The van der Waals surface area contributed by atoms with Crippen molar-refractivity contribution < 1.29 is 9.59 Å². The molecule has 0 bridgehead atoms. The lowest BCUT2D eigenvalue weighted by molar-refractivity contribution is -0.129. The first-order valence-corrected chi connectivity index (χ1v) is 9.16. The highest BCUT2D eigenvalue weighted by molar-refractivity contribution is 7.98. The predicted octanol–water partition coefficient (Wildman–Crippen LogP) is 1.95. The van der Waals surface area contributed by atoms with Gasteiger partial charge in [0.15, 0.2) is 5.16 Å². The molecule has 0 saturated carbocycles. The molecule has 0 atom stereocenters. The minimum absolute atomic E-state index is 0.0212. The van der Waals surface area contributed by atoms with E-state index in [4.69, 9.17) is 0 Å². The number of rotatable bonds is 5. The normalized spacial score (nSPS) is 14.0. The summed E-state index contributed by atoms with van der Waals surface area (Å²) >= 11 is 1.47. The van der Waals surface area contributed by atoms with Crippen molar-refractivity contribution in [1.29, 1.82) is 0 Å². The van der Waals surface area contributed by atoms with Crippen LogP contribution in [0.5, 0.6) is 0 Å². The summed E-state index contributed by atoms with van der Waals surface area (Å²) < 4.78 is 1.81. The summed E-state index contributed by atoms with van der Waals surface area (Å²) in [6.07, 6.45) is 5.55. The number of benzene rings is 1. The van der Waals surface area contributed by atoms with E-state index in [9.17, 15) is 9.59 Å². The predicted molar refractivity (Wildman–Crippen MR) is 93.5 cm³/mol. The Morgan fingerprint density at radius 3 is 2.58 bits per heavy atom. The molecule has 0 radical (unpaired) electrons. The van der Waals surface area contributed by atoms with Crippen LogP contribution in [0.4, 0.5) is 0 Å². The lowest BCUT2D eigenvalue weighted by Gasteiger charge is -2.16. The first kappa shape index (κ1) is 16.6. The van der Waals surface area contributed by atoms with Crippen molar-refractivity contribution in [2.75, 3.05) is 25.9 Å². The molecule has 2 aromatic rings. The number of imidazole rings is 1. The van der Waals surface area contributed by atoms with E-state index in [1.54, 1.807) is 15.7 Å². The summed E-state index contributed by atoms with van der Waals surface area (Å²) in [5.41, 5.74) is 1.30. The molecular weight excluding hydrogens is 324 g/mol. The average Bonchev–Trinajstić information content (AvgIpc) is 3.29. The zero-order valence-electron chi connectivity index (χ0n) is 13.6. The minimum Gasteiger partial charge on any atom is -0.342 e. The Morgan fingerprint density at radius 2 is 1.92 bits per heavy atom. The van der Waals surface area contributed by atoms with E-state index in [1.807, 2.05) is 36.6 Å². The highest BCUT2D eigenvalue weighted by Crippen LogP contribution is 2.21. The largest absolute Gasteiger partial charge is 0.342 e. The standard InChI is InChI=1S/C17H20N4O2S/c1-24-17-19-11-14(21(17)13-7-3-2-4-8-13)16(23)18-12-15(22)20-9-5-6-10-20/h2-4,7-8,11H,5-6,9-10,12H2,1H3,(H,18,23). The number of hydrogen-bond acceptors (Lipinski definition) is 4. The summed E-state index contributed by atoms with van der Waals surface area (Å²) in [6.45, 7) is 1.59. The lowest BCUT2D eigenvalue weighted by atomic mass is 10.3. The molecule has 6 nitrogen and oxygen atoms in total. The number of likely N-dealkylation sites (tertiary alicyclic amines) is 1. The van der Waals surface area contributed by atoms with Crippen LogP contribution in [0.3, 0.4) is 0 Å². The molecular formula is C17H20N4O2S. The fourth-order valence-electron chi connectivity index (χ4n) is 2.79. The van der Waals surface area contributed by atoms with Crippen LogP contribution in [0.15, 0.2) is 41.7 Å². The van der Waals surface area contributed by atoms with E-state index in [1.165, 1.54) is 11.8 Å². The van der Waals surface area contributed by atoms with Crippen LogP contribution in [-0.4, -0.2) is 52.2 Å². The van der Waals surface area contributed by atoms with Crippen molar-refractivity contribution in [3.05, 3.63) is 42.2 Å². The molecule has 1 aliphatic rings. The highest BCUT2D eigenvalue weighted by Gasteiger charge is 2.21. The number of para-hydroxylation sites is 1. The zero-order chi connectivity index (χ0) is 16.9. The number of carbonyl (C=O) groups is 2. The van der Waals surface area contributed by atoms with Crippen LogP contribution in [0, 0.1) is 0 Å². The quantitative estimate of drug-likeness (QED) is 0.842. The van der Waals surface area contributed by atoms with E-state index in [-0.39, 0.29) is 18.4 Å². The van der Waals surface area contributed by atoms with Gasteiger partial charge in [-0.25, -0.2) is 4.98 Å². The molecule has 2 heterocycles. The van der Waals surface area contributed by atoms with Crippen LogP contribution >= 0.6 is 11.8 Å². The van der Waals surface area contributed by atoms with E-state index >= 15 is 0 Å². The Bertz CT molecular complexity index is 723. The third kappa shape index (κ3) is 3.46. The lowest BCUT2D eigenvalue weighted by Crippen LogP contribution is -2.39. The second-order valence-electron chi connectivity index (χ2n) is 5.57. The van der Waals surface area contributed by atoms with Gasteiger partial charge in [-0.3, -0.25) is 14.2 Å². The molecule has 1 fully saturated rings. The van der Waals surface area contributed by atoms with Gasteiger partial charge < -0.3 is 10.2 Å². The molecule has 24 heavy (non-hydrogen) atoms. The summed E-state index contributed by atoms with van der Waals surface area (Å²) in [5.74, 6) is -0.323. The Hall–Kier alpha value is -2.28. The Labute approximate surface area is 145 Å². The zero-order valence-corrected chi connectivity index (χ0v) is 14.4. The van der Waals surface area contributed by atoms with Crippen molar-refractivity contribution in [3.8, 4) is 5.69 Å². The maximum atomic E-state index is 12.5. The molecule has 1 N–H and O–H groups in total. The minimum atomic E-state index is -0.292. The van der Waals surface area contributed by atoms with Crippen LogP contribution in [-0.2, 0) is 4.79 Å². The molecule has 7 heteroatoms. The SMILES string of the molecule is CSc1ncc(C(=O)NCC(=O)N2CCCC2)n1-c1ccccc1. The topological polar surface area (TPSA) is 67.2 Å². The number of aromatic nitrogens is 2. The third-order valence-corrected chi connectivity index (χ3v) is 4.67. The van der Waals surface area contributed by atoms with Gasteiger partial charge in [-0.15, -0.1) is 0 Å². The maximum Gasteiger partial charge on any atom is 0.270 e. The second-order valence-corrected chi connectivity index (χ2v) is 6.35. The van der Waals surface area contributed by atoms with Crippen molar-refractivity contribution in [1.82, 2.24) is 19.8 Å². The molecule has 1 aromatic heterocycles. The summed E-state index contributed by atoms with van der Waals surface area (Å²) in [6, 6.07) is 9.60. The van der Waals surface area contributed by atoms with Crippen LogP contribution in [0.25, 0.3) is 5.69 Å². The summed E-state index contributed by atoms with van der Waals surface area (Å²) in [4.78, 5) is 30.7. The highest BCUT2D eigenvalue weighted by atomic mass is 32.2. The average molecular weight is 344 g/mol. The first-order valence-electron chi connectivity index (χ1n) is 7.94. The molecule has 0 spiro atoms. The van der Waals surface area contributed by atoms with Crippen LogP contribution in [0.1, 0.15) is 23.3 Å². The van der Waals surface area contributed by atoms with E-state index in [0.29, 0.717) is 5.69 Å². The van der Waals surface area contributed by atoms with Gasteiger partial charge in [0.2, 0.25) is 5.91 Å². The number of nitrogens with one attached hydrogen (secondary N) is 1. The molecule has 0 aliphatic carbocycles. The van der Waals surface area contributed by atoms with Gasteiger partial charge in [-0.1, -0.05) is 30.0 Å². The van der Waals surface area contributed by atoms with Crippen LogP contribution in [0.2, 0.25) is 0 Å². The van der Waals surface area contributed by atoms with Gasteiger partial charge in [-0.2, -0.15) is 0 Å². The number of hydrogen-bond donors (Lipinski definition) is 1. The number of amides is 2. The number of carbonyl (C=O) groups excluding carboxylic acids is 2. The smallest absolute Gasteiger partial charge is 0.270 e. The monoisotopic (exact) mass is 344 g/mol. The van der Waals surface area contributed by atoms with Gasteiger partial charge in [0.05, 0.1) is 12.7 Å². The number of nitrogens with zero attached hydrogens (tertiary/aromatic N) is 3. The molecule has 1 aliphatic heterocycles.